The standard InChI is InChI=1S/C20H23F3N4O2/c1-4-7-27-20(28)17(25)18(26-2)11-5-6-13(22)15(16(11)24)12-8-10(21)9-14(23)19(12)29-3/h5-6,8-9,26H,4,7,24-25H2,1-3H3,(H,27,28)/b18-17+. The van der Waals surface area contributed by atoms with E-state index < -0.39 is 23.4 Å². The summed E-state index contributed by atoms with van der Waals surface area (Å²) in [7, 11) is 2.69. The average Bonchev–Trinajstić information content (AvgIpc) is 2.67. The van der Waals surface area contributed by atoms with E-state index in [1.54, 1.807) is 0 Å². The van der Waals surface area contributed by atoms with Crippen molar-refractivity contribution < 1.29 is 22.7 Å². The number of nitrogens with two attached hydrogens (primary N) is 2. The number of ether oxygens (including phenoxy) is 1. The van der Waals surface area contributed by atoms with Gasteiger partial charge in [-0.2, -0.15) is 0 Å². The van der Waals surface area contributed by atoms with E-state index in [0.29, 0.717) is 19.0 Å². The highest BCUT2D eigenvalue weighted by molar-refractivity contribution is 6.02. The van der Waals surface area contributed by atoms with Crippen molar-refractivity contribution >= 4 is 17.3 Å². The first kappa shape index (κ1) is 21.9. The molecule has 0 spiro atoms. The van der Waals surface area contributed by atoms with Crippen molar-refractivity contribution in [2.75, 3.05) is 26.4 Å². The summed E-state index contributed by atoms with van der Waals surface area (Å²) in [6, 6.07) is 3.93. The molecule has 0 saturated carbocycles. The van der Waals surface area contributed by atoms with Gasteiger partial charge in [0.25, 0.3) is 5.91 Å². The highest BCUT2D eigenvalue weighted by atomic mass is 19.1. The van der Waals surface area contributed by atoms with Crippen LogP contribution < -0.4 is 26.8 Å². The summed E-state index contributed by atoms with van der Waals surface area (Å²) in [5.74, 6) is -3.65. The molecular weight excluding hydrogens is 385 g/mol. The minimum absolute atomic E-state index is 0.146. The molecular formula is C20H23F3N4O2. The Hall–Kier alpha value is -3.36. The van der Waals surface area contributed by atoms with Crippen LogP contribution in [0, 0.1) is 17.5 Å². The van der Waals surface area contributed by atoms with Crippen LogP contribution in [0.3, 0.4) is 0 Å². The van der Waals surface area contributed by atoms with E-state index in [0.717, 1.165) is 12.1 Å². The maximum atomic E-state index is 14.7. The first-order valence-electron chi connectivity index (χ1n) is 8.84. The second-order valence-corrected chi connectivity index (χ2v) is 6.15. The average molecular weight is 408 g/mol. The van der Waals surface area contributed by atoms with Gasteiger partial charge in [0.05, 0.1) is 18.5 Å². The van der Waals surface area contributed by atoms with Gasteiger partial charge in [-0.25, -0.2) is 13.2 Å². The molecule has 2 rings (SSSR count). The van der Waals surface area contributed by atoms with Crippen LogP contribution in [0.25, 0.3) is 16.8 Å². The summed E-state index contributed by atoms with van der Waals surface area (Å²) >= 11 is 0. The van der Waals surface area contributed by atoms with Crippen LogP contribution in [-0.2, 0) is 4.79 Å². The Kier molecular flexibility index (Phi) is 6.98. The maximum absolute atomic E-state index is 14.7. The fourth-order valence-electron chi connectivity index (χ4n) is 2.90. The summed E-state index contributed by atoms with van der Waals surface area (Å²) in [6.45, 7) is 2.30. The number of methoxy groups -OCH3 is 1. The van der Waals surface area contributed by atoms with Gasteiger partial charge in [0, 0.05) is 36.3 Å². The van der Waals surface area contributed by atoms with Crippen LogP contribution >= 0.6 is 0 Å². The van der Waals surface area contributed by atoms with Crippen molar-refractivity contribution in [3.8, 4) is 16.9 Å². The van der Waals surface area contributed by atoms with Crippen molar-refractivity contribution in [1.82, 2.24) is 10.6 Å². The molecule has 0 aliphatic rings. The molecule has 1 amide bonds. The molecule has 2 aromatic carbocycles. The smallest absolute Gasteiger partial charge is 0.269 e. The summed E-state index contributed by atoms with van der Waals surface area (Å²) in [6.07, 6.45) is 0.710. The van der Waals surface area contributed by atoms with Crippen molar-refractivity contribution in [1.29, 1.82) is 0 Å². The van der Waals surface area contributed by atoms with E-state index in [4.69, 9.17) is 16.2 Å². The van der Waals surface area contributed by atoms with Crippen LogP contribution in [0.4, 0.5) is 18.9 Å². The summed E-state index contributed by atoms with van der Waals surface area (Å²) in [5.41, 5.74) is 11.6. The number of hydrogen-bond donors (Lipinski definition) is 4. The molecule has 0 fully saturated rings. The molecule has 9 heteroatoms. The molecule has 0 aliphatic heterocycles. The molecule has 0 aromatic heterocycles. The van der Waals surface area contributed by atoms with Crippen molar-refractivity contribution in [3.63, 3.8) is 0 Å². The molecule has 2 aromatic rings. The monoisotopic (exact) mass is 408 g/mol. The maximum Gasteiger partial charge on any atom is 0.269 e. The van der Waals surface area contributed by atoms with Crippen LogP contribution in [0.15, 0.2) is 30.0 Å². The number of hydrogen-bond acceptors (Lipinski definition) is 5. The molecule has 156 valence electrons. The van der Waals surface area contributed by atoms with Crippen LogP contribution in [0.1, 0.15) is 18.9 Å². The number of anilines is 1. The zero-order chi connectivity index (χ0) is 21.7. The first-order valence-corrected chi connectivity index (χ1v) is 8.84. The van der Waals surface area contributed by atoms with Gasteiger partial charge in [-0.3, -0.25) is 4.79 Å². The minimum Gasteiger partial charge on any atom is -0.493 e. The lowest BCUT2D eigenvalue weighted by Gasteiger charge is -2.18. The summed E-state index contributed by atoms with van der Waals surface area (Å²) in [4.78, 5) is 12.2. The van der Waals surface area contributed by atoms with Gasteiger partial charge in [0.2, 0.25) is 0 Å². The Bertz CT molecular complexity index is 961. The fourth-order valence-corrected chi connectivity index (χ4v) is 2.90. The SMILES string of the molecule is CCCNC(=O)/C(N)=C(\NC)c1ccc(F)c(-c2cc(F)cc(F)c2OC)c1N. The van der Waals surface area contributed by atoms with Gasteiger partial charge in [0.15, 0.2) is 11.6 Å². The van der Waals surface area contributed by atoms with Crippen molar-refractivity contribution in [3.05, 3.63) is 53.0 Å². The Labute approximate surface area is 166 Å². The molecule has 6 N–H and O–H groups in total. The molecule has 0 bridgehead atoms. The zero-order valence-electron chi connectivity index (χ0n) is 16.3. The highest BCUT2D eigenvalue weighted by Crippen LogP contribution is 2.40. The third-order valence-electron chi connectivity index (χ3n) is 4.25. The molecule has 0 unspecified atom stereocenters. The van der Waals surface area contributed by atoms with Gasteiger partial charge in [0.1, 0.15) is 17.3 Å². The van der Waals surface area contributed by atoms with Crippen LogP contribution in [0.5, 0.6) is 5.75 Å². The van der Waals surface area contributed by atoms with Crippen molar-refractivity contribution in [2.24, 2.45) is 5.73 Å². The predicted octanol–water partition coefficient (Wildman–Crippen LogP) is 2.73. The number of nitrogen functional groups attached to an aromatic ring is 1. The number of carbonyl (C=O) groups excluding carboxylic acids is 1. The number of benzene rings is 2. The molecule has 6 nitrogen and oxygen atoms in total. The lowest BCUT2D eigenvalue weighted by Crippen LogP contribution is -2.32. The molecule has 0 aliphatic carbocycles. The second kappa shape index (κ2) is 9.22. The lowest BCUT2D eigenvalue weighted by molar-refractivity contribution is -0.117. The lowest BCUT2D eigenvalue weighted by atomic mass is 9.96. The Morgan fingerprint density at radius 2 is 1.86 bits per heavy atom. The number of amides is 1. The van der Waals surface area contributed by atoms with Gasteiger partial charge < -0.3 is 26.8 Å². The van der Waals surface area contributed by atoms with Gasteiger partial charge in [-0.1, -0.05) is 6.92 Å². The van der Waals surface area contributed by atoms with Gasteiger partial charge in [-0.15, -0.1) is 0 Å². The molecule has 0 radical (unpaired) electrons. The largest absolute Gasteiger partial charge is 0.493 e. The minimum atomic E-state index is -1.01. The quantitative estimate of drug-likeness (QED) is 0.417. The highest BCUT2D eigenvalue weighted by Gasteiger charge is 2.23. The summed E-state index contributed by atoms with van der Waals surface area (Å²) < 4.78 is 47.6. The number of nitrogens with one attached hydrogen (secondary N) is 2. The van der Waals surface area contributed by atoms with E-state index in [2.05, 4.69) is 10.6 Å². The van der Waals surface area contributed by atoms with Crippen molar-refractivity contribution in [2.45, 2.75) is 13.3 Å². The second-order valence-electron chi connectivity index (χ2n) is 6.15. The third kappa shape index (κ3) is 4.39. The van der Waals surface area contributed by atoms with E-state index in [-0.39, 0.29) is 39.5 Å². The first-order chi connectivity index (χ1) is 13.8. The normalized spacial score (nSPS) is 11.7. The Morgan fingerprint density at radius 3 is 2.45 bits per heavy atom. The summed E-state index contributed by atoms with van der Waals surface area (Å²) in [5, 5.41) is 5.41. The van der Waals surface area contributed by atoms with E-state index in [9.17, 15) is 18.0 Å². The third-order valence-corrected chi connectivity index (χ3v) is 4.25. The molecule has 0 saturated heterocycles. The Morgan fingerprint density at radius 1 is 1.17 bits per heavy atom. The fraction of sp³-hybridized carbons (Fsp3) is 0.250. The van der Waals surface area contributed by atoms with Gasteiger partial charge in [-0.05, 0) is 24.6 Å². The van der Waals surface area contributed by atoms with E-state index in [1.807, 2.05) is 6.92 Å². The van der Waals surface area contributed by atoms with Crippen LogP contribution in [-0.4, -0.2) is 26.6 Å². The molecule has 29 heavy (non-hydrogen) atoms. The number of rotatable bonds is 7. The zero-order valence-corrected chi connectivity index (χ0v) is 16.3. The van der Waals surface area contributed by atoms with Gasteiger partial charge >= 0.3 is 0 Å². The van der Waals surface area contributed by atoms with Crippen LogP contribution in [0.2, 0.25) is 0 Å². The molecule has 0 heterocycles. The van der Waals surface area contributed by atoms with E-state index >= 15 is 0 Å². The number of halogens is 3. The molecule has 0 atom stereocenters. The topological polar surface area (TPSA) is 102 Å². The van der Waals surface area contributed by atoms with E-state index in [1.165, 1.54) is 20.2 Å². The Balaban J connectivity index is 2.73. The predicted molar refractivity (Wildman–Crippen MR) is 106 cm³/mol. The number of carbonyl (C=O) groups is 1.